The Morgan fingerprint density at radius 2 is 1.75 bits per heavy atom. The lowest BCUT2D eigenvalue weighted by molar-refractivity contribution is 0.301. The molecule has 1 saturated carbocycles. The summed E-state index contributed by atoms with van der Waals surface area (Å²) >= 11 is 6.31. The topological polar surface area (TPSA) is 26.0 Å². The van der Waals surface area contributed by atoms with Gasteiger partial charge in [-0.05, 0) is 43.4 Å². The summed E-state index contributed by atoms with van der Waals surface area (Å²) in [7, 11) is 0. The standard InChI is InChI=1S/C14H20ClN/c1-10-6-7-12(11(2)13(10)15)14(16)8-4-3-5-9-14/h6-7H,3-5,8-9,16H2,1-2H3. The van der Waals surface area contributed by atoms with Crippen LogP contribution < -0.4 is 5.73 Å². The Labute approximate surface area is 103 Å². The first-order chi connectivity index (χ1) is 7.54. The summed E-state index contributed by atoms with van der Waals surface area (Å²) in [5.74, 6) is 0. The Kier molecular flexibility index (Phi) is 3.27. The summed E-state index contributed by atoms with van der Waals surface area (Å²) in [5.41, 5.74) is 9.97. The predicted octanol–water partition coefficient (Wildman–Crippen LogP) is 4.07. The second-order valence-corrected chi connectivity index (χ2v) is 5.46. The molecule has 1 aliphatic carbocycles. The predicted molar refractivity (Wildman–Crippen MR) is 69.9 cm³/mol. The highest BCUT2D eigenvalue weighted by Crippen LogP contribution is 2.38. The van der Waals surface area contributed by atoms with Crippen LogP contribution in [0.1, 0.15) is 48.8 Å². The third-order valence-electron chi connectivity index (χ3n) is 3.86. The first-order valence-corrected chi connectivity index (χ1v) is 6.47. The third-order valence-corrected chi connectivity index (χ3v) is 4.44. The molecule has 0 aromatic heterocycles. The molecule has 2 rings (SSSR count). The molecule has 1 aromatic carbocycles. The van der Waals surface area contributed by atoms with Gasteiger partial charge in [0.15, 0.2) is 0 Å². The molecule has 2 N–H and O–H groups in total. The molecule has 0 atom stereocenters. The molecule has 1 aromatic rings. The van der Waals surface area contributed by atoms with Gasteiger partial charge in [-0.1, -0.05) is 43.0 Å². The van der Waals surface area contributed by atoms with Crippen molar-refractivity contribution in [3.05, 3.63) is 33.8 Å². The average Bonchev–Trinajstić information content (AvgIpc) is 2.27. The van der Waals surface area contributed by atoms with E-state index < -0.39 is 0 Å². The Morgan fingerprint density at radius 3 is 2.38 bits per heavy atom. The maximum absolute atomic E-state index is 6.54. The second-order valence-electron chi connectivity index (χ2n) is 5.09. The maximum Gasteiger partial charge on any atom is 0.0467 e. The van der Waals surface area contributed by atoms with Crippen LogP contribution in [0.3, 0.4) is 0 Å². The molecule has 1 nitrogen and oxygen atoms in total. The van der Waals surface area contributed by atoms with Crippen molar-refractivity contribution in [3.8, 4) is 0 Å². The molecule has 0 unspecified atom stereocenters. The Morgan fingerprint density at radius 1 is 1.12 bits per heavy atom. The van der Waals surface area contributed by atoms with E-state index in [2.05, 4.69) is 19.1 Å². The van der Waals surface area contributed by atoms with Crippen LogP contribution in [0.25, 0.3) is 0 Å². The molecule has 2 heteroatoms. The number of rotatable bonds is 1. The maximum atomic E-state index is 6.54. The second kappa shape index (κ2) is 4.38. The van der Waals surface area contributed by atoms with Gasteiger partial charge in [-0.2, -0.15) is 0 Å². The zero-order valence-electron chi connectivity index (χ0n) is 10.1. The highest BCUT2D eigenvalue weighted by Gasteiger charge is 2.31. The normalized spacial score (nSPS) is 19.8. The van der Waals surface area contributed by atoms with Crippen molar-refractivity contribution in [2.24, 2.45) is 5.73 Å². The molecule has 0 amide bonds. The van der Waals surface area contributed by atoms with E-state index in [1.807, 2.05) is 6.92 Å². The number of halogens is 1. The number of nitrogens with two attached hydrogens (primary N) is 1. The highest BCUT2D eigenvalue weighted by atomic mass is 35.5. The van der Waals surface area contributed by atoms with Crippen molar-refractivity contribution in [1.82, 2.24) is 0 Å². The molecule has 1 aliphatic rings. The van der Waals surface area contributed by atoms with Gasteiger partial charge in [-0.25, -0.2) is 0 Å². The first kappa shape index (κ1) is 11.9. The summed E-state index contributed by atoms with van der Waals surface area (Å²) in [6.45, 7) is 4.14. The van der Waals surface area contributed by atoms with Crippen molar-refractivity contribution >= 4 is 11.6 Å². The molecule has 16 heavy (non-hydrogen) atoms. The van der Waals surface area contributed by atoms with Crippen molar-refractivity contribution < 1.29 is 0 Å². The van der Waals surface area contributed by atoms with Gasteiger partial charge in [-0.15, -0.1) is 0 Å². The van der Waals surface area contributed by atoms with Crippen molar-refractivity contribution in [2.75, 3.05) is 0 Å². The smallest absolute Gasteiger partial charge is 0.0467 e. The zero-order valence-corrected chi connectivity index (χ0v) is 10.9. The molecular weight excluding hydrogens is 218 g/mol. The van der Waals surface area contributed by atoms with Crippen LogP contribution in [-0.4, -0.2) is 0 Å². The highest BCUT2D eigenvalue weighted by molar-refractivity contribution is 6.32. The van der Waals surface area contributed by atoms with E-state index in [0.29, 0.717) is 0 Å². The minimum Gasteiger partial charge on any atom is -0.321 e. The average molecular weight is 238 g/mol. The van der Waals surface area contributed by atoms with E-state index in [-0.39, 0.29) is 5.54 Å². The quantitative estimate of drug-likeness (QED) is 0.783. The van der Waals surface area contributed by atoms with Gasteiger partial charge in [0.1, 0.15) is 0 Å². The first-order valence-electron chi connectivity index (χ1n) is 6.10. The lowest BCUT2D eigenvalue weighted by Crippen LogP contribution is -2.39. The fraction of sp³-hybridized carbons (Fsp3) is 0.571. The fourth-order valence-electron chi connectivity index (χ4n) is 2.81. The van der Waals surface area contributed by atoms with Crippen molar-refractivity contribution in [2.45, 2.75) is 51.5 Å². The molecule has 0 radical (unpaired) electrons. The SMILES string of the molecule is Cc1ccc(C2(N)CCCCC2)c(C)c1Cl. The van der Waals surface area contributed by atoms with Crippen LogP contribution in [0.5, 0.6) is 0 Å². The third kappa shape index (κ3) is 1.99. The van der Waals surface area contributed by atoms with Crippen LogP contribution in [0, 0.1) is 13.8 Å². The van der Waals surface area contributed by atoms with Crippen LogP contribution in [0.15, 0.2) is 12.1 Å². The number of benzene rings is 1. The zero-order chi connectivity index (χ0) is 11.8. The molecule has 88 valence electrons. The van der Waals surface area contributed by atoms with Crippen LogP contribution >= 0.6 is 11.6 Å². The molecule has 0 saturated heterocycles. The van der Waals surface area contributed by atoms with Crippen molar-refractivity contribution in [1.29, 1.82) is 0 Å². The minimum atomic E-state index is -0.139. The summed E-state index contributed by atoms with van der Waals surface area (Å²) < 4.78 is 0. The number of hydrogen-bond donors (Lipinski definition) is 1. The Bertz CT molecular complexity index is 392. The molecule has 0 spiro atoms. The van der Waals surface area contributed by atoms with Gasteiger partial charge in [0.2, 0.25) is 0 Å². The summed E-state index contributed by atoms with van der Waals surface area (Å²) in [6.07, 6.45) is 5.97. The molecule has 0 aliphatic heterocycles. The van der Waals surface area contributed by atoms with Crippen LogP contribution in [-0.2, 0) is 5.54 Å². The Balaban J connectivity index is 2.43. The van der Waals surface area contributed by atoms with E-state index in [0.717, 1.165) is 23.4 Å². The van der Waals surface area contributed by atoms with E-state index in [4.69, 9.17) is 17.3 Å². The summed E-state index contributed by atoms with van der Waals surface area (Å²) in [5, 5.41) is 0.882. The van der Waals surface area contributed by atoms with Crippen molar-refractivity contribution in [3.63, 3.8) is 0 Å². The van der Waals surface area contributed by atoms with E-state index in [9.17, 15) is 0 Å². The summed E-state index contributed by atoms with van der Waals surface area (Å²) in [4.78, 5) is 0. The van der Waals surface area contributed by atoms with E-state index >= 15 is 0 Å². The van der Waals surface area contributed by atoms with Gasteiger partial charge >= 0.3 is 0 Å². The molecule has 0 heterocycles. The molecular formula is C14H20ClN. The summed E-state index contributed by atoms with van der Waals surface area (Å²) in [6, 6.07) is 4.26. The number of hydrogen-bond acceptors (Lipinski definition) is 1. The van der Waals surface area contributed by atoms with Gasteiger partial charge in [0.25, 0.3) is 0 Å². The molecule has 0 bridgehead atoms. The van der Waals surface area contributed by atoms with Gasteiger partial charge in [-0.3, -0.25) is 0 Å². The van der Waals surface area contributed by atoms with Crippen LogP contribution in [0.2, 0.25) is 5.02 Å². The minimum absolute atomic E-state index is 0.139. The van der Waals surface area contributed by atoms with Gasteiger partial charge < -0.3 is 5.73 Å². The van der Waals surface area contributed by atoms with Crippen LogP contribution in [0.4, 0.5) is 0 Å². The Hall–Kier alpha value is -0.530. The lowest BCUT2D eigenvalue weighted by Gasteiger charge is -2.35. The molecule has 1 fully saturated rings. The monoisotopic (exact) mass is 237 g/mol. The van der Waals surface area contributed by atoms with E-state index in [1.54, 1.807) is 0 Å². The van der Waals surface area contributed by atoms with E-state index in [1.165, 1.54) is 30.4 Å². The number of aryl methyl sites for hydroxylation is 1. The van der Waals surface area contributed by atoms with Gasteiger partial charge in [0.05, 0.1) is 0 Å². The van der Waals surface area contributed by atoms with Gasteiger partial charge in [0, 0.05) is 10.6 Å². The largest absolute Gasteiger partial charge is 0.321 e. The fourth-order valence-corrected chi connectivity index (χ4v) is 2.98. The lowest BCUT2D eigenvalue weighted by atomic mass is 9.76.